The number of halogens is 1. The molecule has 3 N–H and O–H groups in total. The van der Waals surface area contributed by atoms with Gasteiger partial charge in [0.2, 0.25) is 0 Å². The molecule has 0 bridgehead atoms. The van der Waals surface area contributed by atoms with E-state index in [1.807, 2.05) is 0 Å². The van der Waals surface area contributed by atoms with Crippen molar-refractivity contribution in [3.63, 3.8) is 0 Å². The number of nitrogens with one attached hydrogen (secondary N) is 2. The fraction of sp³-hybridized carbons (Fsp3) is 0.500. The van der Waals surface area contributed by atoms with E-state index < -0.39 is 5.97 Å². The van der Waals surface area contributed by atoms with Gasteiger partial charge < -0.3 is 15.4 Å². The van der Waals surface area contributed by atoms with Crippen molar-refractivity contribution in [2.75, 3.05) is 13.1 Å². The number of hydrogen-bond donors (Lipinski definition) is 3. The van der Waals surface area contributed by atoms with Crippen LogP contribution < -0.4 is 5.32 Å². The van der Waals surface area contributed by atoms with Gasteiger partial charge in [-0.3, -0.25) is 4.79 Å². The van der Waals surface area contributed by atoms with Gasteiger partial charge in [-0.25, -0.2) is 4.98 Å². The molecule has 1 aliphatic heterocycles. The van der Waals surface area contributed by atoms with E-state index in [4.69, 9.17) is 5.11 Å². The lowest BCUT2D eigenvalue weighted by atomic mass is 10.0. The molecule has 0 radical (unpaired) electrons. The van der Waals surface area contributed by atoms with Crippen LogP contribution in [0, 0.1) is 0 Å². The maximum atomic E-state index is 10.5. The van der Waals surface area contributed by atoms with E-state index in [1.165, 1.54) is 0 Å². The van der Waals surface area contributed by atoms with E-state index in [2.05, 4.69) is 31.2 Å². The van der Waals surface area contributed by atoms with Gasteiger partial charge >= 0.3 is 5.97 Å². The maximum Gasteiger partial charge on any atom is 0.309 e. The third-order valence-electron chi connectivity index (χ3n) is 2.24. The third-order valence-corrected chi connectivity index (χ3v) is 2.90. The van der Waals surface area contributed by atoms with Gasteiger partial charge in [0.15, 0.2) is 0 Å². The van der Waals surface area contributed by atoms with Crippen molar-refractivity contribution in [1.29, 1.82) is 0 Å². The Balaban J connectivity index is 2.16. The summed E-state index contributed by atoms with van der Waals surface area (Å²) in [5.41, 5.74) is 0.638. The van der Waals surface area contributed by atoms with Gasteiger partial charge in [0, 0.05) is 19.0 Å². The Morgan fingerprint density at radius 1 is 1.64 bits per heavy atom. The zero-order valence-corrected chi connectivity index (χ0v) is 8.97. The Kier molecular flexibility index (Phi) is 2.56. The number of carboxylic acids is 1. The van der Waals surface area contributed by atoms with Crippen LogP contribution in [-0.4, -0.2) is 34.1 Å². The van der Waals surface area contributed by atoms with Crippen molar-refractivity contribution in [2.45, 2.75) is 12.3 Å². The highest BCUT2D eigenvalue weighted by molar-refractivity contribution is 9.10. The van der Waals surface area contributed by atoms with Crippen LogP contribution >= 0.6 is 15.9 Å². The van der Waals surface area contributed by atoms with E-state index in [0.29, 0.717) is 16.2 Å². The van der Waals surface area contributed by atoms with E-state index in [-0.39, 0.29) is 6.42 Å². The van der Waals surface area contributed by atoms with E-state index in [0.717, 1.165) is 18.9 Å². The molecule has 0 atom stereocenters. The molecule has 0 unspecified atom stereocenters. The summed E-state index contributed by atoms with van der Waals surface area (Å²) in [6.45, 7) is 1.82. The molecule has 0 aliphatic carbocycles. The van der Waals surface area contributed by atoms with Crippen molar-refractivity contribution in [1.82, 2.24) is 15.3 Å². The lowest BCUT2D eigenvalue weighted by Gasteiger charge is -2.24. The summed E-state index contributed by atoms with van der Waals surface area (Å²) in [5, 5.41) is 11.8. The molecule has 1 aromatic rings. The predicted molar refractivity (Wildman–Crippen MR) is 53.2 cm³/mol. The average molecular weight is 260 g/mol. The molecule has 0 aromatic carbocycles. The molecule has 2 rings (SSSR count). The minimum atomic E-state index is -0.854. The van der Waals surface area contributed by atoms with Crippen LogP contribution in [0.5, 0.6) is 0 Å². The molecular weight excluding hydrogens is 250 g/mol. The first-order chi connectivity index (χ1) is 6.66. The van der Waals surface area contributed by atoms with Crippen LogP contribution in [-0.2, 0) is 11.2 Å². The number of hydrogen-bond acceptors (Lipinski definition) is 3. The Hall–Kier alpha value is -0.880. The molecule has 0 spiro atoms. The van der Waals surface area contributed by atoms with Crippen molar-refractivity contribution < 1.29 is 9.90 Å². The van der Waals surface area contributed by atoms with Crippen LogP contribution in [0.3, 0.4) is 0 Å². The fourth-order valence-corrected chi connectivity index (χ4v) is 1.78. The molecule has 5 nitrogen and oxygen atoms in total. The van der Waals surface area contributed by atoms with Crippen LogP contribution in [0.2, 0.25) is 0 Å². The fourth-order valence-electron chi connectivity index (χ4n) is 1.35. The number of aromatic nitrogens is 2. The molecule has 6 heteroatoms. The SMILES string of the molecule is O=C(O)Cc1[nH]c(C2CNC2)nc1Br. The average Bonchev–Trinajstić information content (AvgIpc) is 2.27. The Morgan fingerprint density at radius 3 is 2.86 bits per heavy atom. The Labute approximate surface area is 89.1 Å². The van der Waals surface area contributed by atoms with Gasteiger partial charge in [0.25, 0.3) is 0 Å². The van der Waals surface area contributed by atoms with Gasteiger partial charge in [-0.1, -0.05) is 0 Å². The first kappa shape index (κ1) is 9.67. The van der Waals surface area contributed by atoms with E-state index >= 15 is 0 Å². The molecule has 1 aromatic heterocycles. The summed E-state index contributed by atoms with van der Waals surface area (Å²) in [6, 6.07) is 0. The molecule has 0 amide bonds. The molecule has 0 saturated carbocycles. The number of carbonyl (C=O) groups is 1. The number of H-pyrrole nitrogens is 1. The zero-order valence-electron chi connectivity index (χ0n) is 7.38. The molecule has 1 fully saturated rings. The van der Waals surface area contributed by atoms with E-state index in [1.54, 1.807) is 0 Å². The normalized spacial score (nSPS) is 16.6. The molecule has 1 aliphatic rings. The number of carboxylic acid groups (broad SMARTS) is 1. The lowest BCUT2D eigenvalue weighted by Crippen LogP contribution is -2.40. The number of aliphatic carboxylic acids is 1. The smallest absolute Gasteiger partial charge is 0.309 e. The summed E-state index contributed by atoms with van der Waals surface area (Å²) in [4.78, 5) is 17.8. The summed E-state index contributed by atoms with van der Waals surface area (Å²) >= 11 is 3.24. The lowest BCUT2D eigenvalue weighted by molar-refractivity contribution is -0.136. The van der Waals surface area contributed by atoms with Crippen LogP contribution in [0.4, 0.5) is 0 Å². The molecular formula is C8H10BrN3O2. The number of nitrogens with zero attached hydrogens (tertiary/aromatic N) is 1. The van der Waals surface area contributed by atoms with Crippen molar-refractivity contribution >= 4 is 21.9 Å². The van der Waals surface area contributed by atoms with E-state index in [9.17, 15) is 4.79 Å². The zero-order chi connectivity index (χ0) is 10.1. The highest BCUT2D eigenvalue weighted by Crippen LogP contribution is 2.22. The maximum absolute atomic E-state index is 10.5. The van der Waals surface area contributed by atoms with Crippen molar-refractivity contribution in [2.24, 2.45) is 0 Å². The molecule has 1 saturated heterocycles. The summed E-state index contributed by atoms with van der Waals surface area (Å²) in [7, 11) is 0. The van der Waals surface area contributed by atoms with Gasteiger partial charge in [-0.2, -0.15) is 0 Å². The second kappa shape index (κ2) is 3.70. The molecule has 14 heavy (non-hydrogen) atoms. The largest absolute Gasteiger partial charge is 0.481 e. The minimum Gasteiger partial charge on any atom is -0.481 e. The predicted octanol–water partition coefficient (Wildman–Crippen LogP) is 0.486. The van der Waals surface area contributed by atoms with Crippen LogP contribution in [0.25, 0.3) is 0 Å². The van der Waals surface area contributed by atoms with Crippen molar-refractivity contribution in [3.8, 4) is 0 Å². The quantitative estimate of drug-likeness (QED) is 0.739. The molecule has 2 heterocycles. The van der Waals surface area contributed by atoms with Crippen LogP contribution in [0.1, 0.15) is 17.4 Å². The first-order valence-electron chi connectivity index (χ1n) is 4.33. The Morgan fingerprint density at radius 2 is 2.36 bits per heavy atom. The highest BCUT2D eigenvalue weighted by atomic mass is 79.9. The van der Waals surface area contributed by atoms with Gasteiger partial charge in [-0.05, 0) is 15.9 Å². The summed E-state index contributed by atoms with van der Waals surface area (Å²) < 4.78 is 0.613. The standard InChI is InChI=1S/C8H10BrN3O2/c9-7-5(1-6(13)14)11-8(12-7)4-2-10-3-4/h4,10H,1-3H2,(H,11,12)(H,13,14). The third kappa shape index (κ3) is 1.80. The number of rotatable bonds is 3. The molecule has 76 valence electrons. The summed E-state index contributed by atoms with van der Waals surface area (Å²) in [6.07, 6.45) is -0.0201. The van der Waals surface area contributed by atoms with Crippen LogP contribution in [0.15, 0.2) is 4.60 Å². The first-order valence-corrected chi connectivity index (χ1v) is 5.13. The van der Waals surface area contributed by atoms with Gasteiger partial charge in [0.1, 0.15) is 10.4 Å². The summed E-state index contributed by atoms with van der Waals surface area (Å²) in [5.74, 6) is 0.411. The topological polar surface area (TPSA) is 78.0 Å². The van der Waals surface area contributed by atoms with Gasteiger partial charge in [0.05, 0.1) is 12.1 Å². The minimum absolute atomic E-state index is 0.0201. The Bertz CT molecular complexity index is 359. The monoisotopic (exact) mass is 259 g/mol. The highest BCUT2D eigenvalue weighted by Gasteiger charge is 2.23. The van der Waals surface area contributed by atoms with Crippen molar-refractivity contribution in [3.05, 3.63) is 16.1 Å². The second-order valence-electron chi connectivity index (χ2n) is 3.32. The number of imidazole rings is 1. The second-order valence-corrected chi connectivity index (χ2v) is 4.07. The number of aromatic amines is 1. The van der Waals surface area contributed by atoms with Gasteiger partial charge in [-0.15, -0.1) is 0 Å².